The molecule has 2 unspecified atom stereocenters. The van der Waals surface area contributed by atoms with Crippen molar-refractivity contribution in [3.05, 3.63) is 23.4 Å². The number of amides is 2. The lowest BCUT2D eigenvalue weighted by Gasteiger charge is -2.22. The Bertz CT molecular complexity index is 1160. The van der Waals surface area contributed by atoms with Gasteiger partial charge in [-0.1, -0.05) is 207 Å². The summed E-state index contributed by atoms with van der Waals surface area (Å²) in [5, 5.41) is 5.73. The maximum Gasteiger partial charge on any atom is 0.254 e. The number of carbonyl (C=O) groups is 3. The molecule has 0 bridgehead atoms. The van der Waals surface area contributed by atoms with Gasteiger partial charge < -0.3 is 24.5 Å². The van der Waals surface area contributed by atoms with Crippen LogP contribution in [0, 0.1) is 5.92 Å². The summed E-state index contributed by atoms with van der Waals surface area (Å²) in [5.41, 5.74) is 2.21. The SMILES string of the molecule is CCC(C)C(=O)NC(=O)/C(C)=C\NCCCN(CCCCCCCC=O)CCCCCCCC=C1CCC1.CCCCCCCCC(CC)OC.CCCCCCCCC(CCCCCCCC)OC. The molecule has 1 aliphatic rings. The number of ether oxygens (including phenoxy) is 2. The van der Waals surface area contributed by atoms with Crippen molar-refractivity contribution < 1.29 is 23.9 Å². The molecule has 2 N–H and O–H groups in total. The summed E-state index contributed by atoms with van der Waals surface area (Å²) in [5.74, 6) is -0.690. The Morgan fingerprint density at radius 3 is 1.41 bits per heavy atom. The monoisotopic (exact) mass is 988 g/mol. The minimum absolute atomic E-state index is 0.156. The van der Waals surface area contributed by atoms with E-state index in [0.717, 1.165) is 64.6 Å². The summed E-state index contributed by atoms with van der Waals surface area (Å²) < 4.78 is 10.9. The van der Waals surface area contributed by atoms with Gasteiger partial charge in [0.15, 0.2) is 0 Å². The molecule has 0 heterocycles. The summed E-state index contributed by atoms with van der Waals surface area (Å²) in [6, 6.07) is 0. The molecule has 2 amide bonds. The number of carbonyl (C=O) groups excluding carboxylic acids is 3. The number of hydrogen-bond acceptors (Lipinski definition) is 7. The van der Waals surface area contributed by atoms with E-state index in [9.17, 15) is 14.4 Å². The summed E-state index contributed by atoms with van der Waals surface area (Å²) in [7, 11) is 3.71. The third-order valence-corrected chi connectivity index (χ3v) is 14.4. The van der Waals surface area contributed by atoms with Crippen LogP contribution in [0.3, 0.4) is 0 Å². The summed E-state index contributed by atoms with van der Waals surface area (Å²) in [6.45, 7) is 18.7. The molecule has 70 heavy (non-hydrogen) atoms. The molecular formula is C62H121N3O5. The number of allylic oxidation sites excluding steroid dienone is 2. The van der Waals surface area contributed by atoms with Crippen LogP contribution in [0.5, 0.6) is 0 Å². The van der Waals surface area contributed by atoms with Gasteiger partial charge in [-0.05, 0) is 116 Å². The maximum atomic E-state index is 12.2. The van der Waals surface area contributed by atoms with Crippen LogP contribution in [0.15, 0.2) is 23.4 Å². The molecule has 1 saturated carbocycles. The van der Waals surface area contributed by atoms with Gasteiger partial charge in [-0.3, -0.25) is 14.9 Å². The summed E-state index contributed by atoms with van der Waals surface area (Å²) in [4.78, 5) is 37.2. The van der Waals surface area contributed by atoms with E-state index in [1.54, 1.807) is 18.7 Å². The van der Waals surface area contributed by atoms with E-state index in [4.69, 9.17) is 9.47 Å². The average molecular weight is 989 g/mol. The number of hydrogen-bond donors (Lipinski definition) is 2. The van der Waals surface area contributed by atoms with Crippen LogP contribution in [0.25, 0.3) is 0 Å². The number of nitrogens with zero attached hydrogens (tertiary/aromatic N) is 1. The van der Waals surface area contributed by atoms with Crippen molar-refractivity contribution in [2.45, 2.75) is 311 Å². The molecule has 1 aliphatic carbocycles. The van der Waals surface area contributed by atoms with E-state index in [0.29, 0.717) is 24.2 Å². The fourth-order valence-electron chi connectivity index (χ4n) is 8.87. The second-order valence-electron chi connectivity index (χ2n) is 20.9. The predicted molar refractivity (Wildman–Crippen MR) is 305 cm³/mol. The lowest BCUT2D eigenvalue weighted by Crippen LogP contribution is -2.35. The topological polar surface area (TPSA) is 97.0 Å². The quantitative estimate of drug-likeness (QED) is 0.0271. The first-order chi connectivity index (χ1) is 34.2. The third kappa shape index (κ3) is 48.2. The highest BCUT2D eigenvalue weighted by atomic mass is 16.5. The standard InChI is InChI=1S/C32H57N3O3.C18H38O.C12H26O/c1-4-28(2)31(37)34-32(38)29(3)27-33-22-18-25-35(24-15-11-7-8-12-16-26-36)23-14-10-6-5-9-13-19-30-20-17-21-30;1-4-6-8-10-12-14-16-18(19-3)17-15-13-11-9-7-5-2;1-4-6-7-8-9-10-11-12(5-2)13-3/h19,26-28,33H,4-18,20-25H2,1-3H3,(H,34,37,38);18H,4-17H2,1-3H3;12H,4-11H2,1-3H3/b29-27-;;. The molecule has 2 atom stereocenters. The molecule has 1 rings (SSSR count). The van der Waals surface area contributed by atoms with Crippen LogP contribution in [0.2, 0.25) is 0 Å². The number of imide groups is 1. The number of nitrogens with one attached hydrogen (secondary N) is 2. The fourth-order valence-corrected chi connectivity index (χ4v) is 8.87. The van der Waals surface area contributed by atoms with Gasteiger partial charge in [-0.25, -0.2) is 0 Å². The highest BCUT2D eigenvalue weighted by molar-refractivity contribution is 6.04. The van der Waals surface area contributed by atoms with Gasteiger partial charge in [0.2, 0.25) is 5.91 Å². The third-order valence-electron chi connectivity index (χ3n) is 14.4. The molecule has 0 radical (unpaired) electrons. The van der Waals surface area contributed by atoms with Crippen molar-refractivity contribution in [2.24, 2.45) is 5.92 Å². The highest BCUT2D eigenvalue weighted by Gasteiger charge is 2.15. The van der Waals surface area contributed by atoms with Crippen molar-refractivity contribution in [1.29, 1.82) is 0 Å². The molecule has 0 spiro atoms. The molecule has 1 fully saturated rings. The lowest BCUT2D eigenvalue weighted by molar-refractivity contribution is -0.130. The van der Waals surface area contributed by atoms with Crippen LogP contribution in [-0.2, 0) is 23.9 Å². The van der Waals surface area contributed by atoms with E-state index in [1.165, 1.54) is 212 Å². The molecule has 0 aliphatic heterocycles. The smallest absolute Gasteiger partial charge is 0.254 e. The largest absolute Gasteiger partial charge is 0.390 e. The van der Waals surface area contributed by atoms with Gasteiger partial charge in [-0.2, -0.15) is 0 Å². The van der Waals surface area contributed by atoms with Gasteiger partial charge >= 0.3 is 0 Å². The van der Waals surface area contributed by atoms with E-state index in [-0.39, 0.29) is 17.7 Å². The molecule has 0 aromatic heterocycles. The minimum Gasteiger partial charge on any atom is -0.390 e. The summed E-state index contributed by atoms with van der Waals surface area (Å²) >= 11 is 0. The molecule has 0 aromatic rings. The molecular weight excluding hydrogens is 867 g/mol. The van der Waals surface area contributed by atoms with Gasteiger partial charge in [0, 0.05) is 44.9 Å². The number of unbranched alkanes of at least 4 members (excludes halogenated alkanes) is 25. The Morgan fingerprint density at radius 2 is 0.986 bits per heavy atom. The maximum absolute atomic E-state index is 12.2. The van der Waals surface area contributed by atoms with Gasteiger partial charge in [-0.15, -0.1) is 0 Å². The molecule has 0 aromatic carbocycles. The van der Waals surface area contributed by atoms with Crippen LogP contribution in [0.1, 0.15) is 299 Å². The summed E-state index contributed by atoms with van der Waals surface area (Å²) in [6.07, 6.45) is 56.4. The van der Waals surface area contributed by atoms with Crippen molar-refractivity contribution in [2.75, 3.05) is 40.4 Å². The lowest BCUT2D eigenvalue weighted by atomic mass is 9.91. The van der Waals surface area contributed by atoms with E-state index >= 15 is 0 Å². The Balaban J connectivity index is 0. The van der Waals surface area contributed by atoms with Crippen molar-refractivity contribution in [3.8, 4) is 0 Å². The average Bonchev–Trinajstić information content (AvgIpc) is 3.35. The zero-order valence-corrected chi connectivity index (χ0v) is 48.4. The van der Waals surface area contributed by atoms with Gasteiger partial charge in [0.25, 0.3) is 5.91 Å². The van der Waals surface area contributed by atoms with Crippen molar-refractivity contribution >= 4 is 18.1 Å². The van der Waals surface area contributed by atoms with Crippen molar-refractivity contribution in [3.63, 3.8) is 0 Å². The number of methoxy groups -OCH3 is 2. The normalized spacial score (nSPS) is 13.2. The Morgan fingerprint density at radius 1 is 0.557 bits per heavy atom. The first-order valence-electron chi connectivity index (χ1n) is 30.3. The first kappa shape index (κ1) is 70.0. The second kappa shape index (κ2) is 56.3. The Labute approximate surface area is 436 Å². The fraction of sp³-hybridized carbons (Fsp3) is 0.887. The van der Waals surface area contributed by atoms with Crippen LogP contribution in [0.4, 0.5) is 0 Å². The number of aldehydes is 1. The van der Waals surface area contributed by atoms with Crippen LogP contribution < -0.4 is 10.6 Å². The molecule has 8 nitrogen and oxygen atoms in total. The minimum atomic E-state index is -0.322. The number of rotatable bonds is 48. The molecule has 8 heteroatoms. The van der Waals surface area contributed by atoms with Gasteiger partial charge in [0.1, 0.15) is 6.29 Å². The van der Waals surface area contributed by atoms with Crippen molar-refractivity contribution in [1.82, 2.24) is 15.5 Å². The highest BCUT2D eigenvalue weighted by Crippen LogP contribution is 2.26. The Hall–Kier alpha value is -2.03. The molecule has 414 valence electrons. The Kier molecular flexibility index (Phi) is 56.3. The van der Waals surface area contributed by atoms with E-state index in [1.807, 2.05) is 28.1 Å². The zero-order valence-electron chi connectivity index (χ0n) is 48.4. The van der Waals surface area contributed by atoms with Crippen LogP contribution >= 0.6 is 0 Å². The predicted octanol–water partition coefficient (Wildman–Crippen LogP) is 17.5. The zero-order chi connectivity index (χ0) is 52.0. The molecule has 0 saturated heterocycles. The second-order valence-corrected chi connectivity index (χ2v) is 20.9. The van der Waals surface area contributed by atoms with Crippen LogP contribution in [-0.4, -0.2) is 75.6 Å². The first-order valence-corrected chi connectivity index (χ1v) is 30.3. The van der Waals surface area contributed by atoms with E-state index in [2.05, 4.69) is 49.3 Å². The van der Waals surface area contributed by atoms with E-state index < -0.39 is 0 Å². The van der Waals surface area contributed by atoms with Gasteiger partial charge in [0.05, 0.1) is 12.2 Å².